The maximum atomic E-state index is 10.3. The lowest BCUT2D eigenvalue weighted by atomic mass is 10.4. The van der Waals surface area contributed by atoms with Gasteiger partial charge in [-0.05, 0) is 6.42 Å². The van der Waals surface area contributed by atoms with Gasteiger partial charge in [0.25, 0.3) is 0 Å². The predicted octanol–water partition coefficient (Wildman–Crippen LogP) is 0.619. The molecule has 0 aromatic rings. The highest BCUT2D eigenvalue weighted by atomic mass is 32.3. The molecule has 4 heteroatoms. The molecule has 8 heavy (non-hydrogen) atoms. The summed E-state index contributed by atoms with van der Waals surface area (Å²) in [5, 5.41) is 0.361. The molecule has 1 unspecified atom stereocenters. The minimum Gasteiger partial charge on any atom is -0.291 e. The molecule has 0 bridgehead atoms. The van der Waals surface area contributed by atoms with Crippen LogP contribution >= 0.6 is 0 Å². The van der Waals surface area contributed by atoms with E-state index in [2.05, 4.69) is 4.18 Å². The average Bonchev–Trinajstić information content (AvgIpc) is 2.15. The van der Waals surface area contributed by atoms with E-state index >= 15 is 0 Å². The fourth-order valence-corrected chi connectivity index (χ4v) is 1.42. The molecular formula is C4H8O3S. The molecule has 1 rings (SSSR count). The predicted molar refractivity (Wildman–Crippen MR) is 31.8 cm³/mol. The quantitative estimate of drug-likeness (QED) is 0.566. The van der Waals surface area contributed by atoms with Crippen molar-refractivity contribution in [2.75, 3.05) is 0 Å². The Balaban J connectivity index is 2.55. The van der Waals surface area contributed by atoms with Crippen LogP contribution in [0.5, 0.6) is 0 Å². The number of hydrogen-bond donors (Lipinski definition) is 1. The molecule has 0 spiro atoms. The van der Waals surface area contributed by atoms with Crippen molar-refractivity contribution < 1.29 is 12.9 Å². The van der Waals surface area contributed by atoms with Gasteiger partial charge in [0.1, 0.15) is 0 Å². The lowest BCUT2D eigenvalue weighted by Gasteiger charge is -1.73. The SMILES string of the molecule is CCCC1=S(=O)(O)O1. The van der Waals surface area contributed by atoms with E-state index in [1.54, 1.807) is 0 Å². The van der Waals surface area contributed by atoms with E-state index in [4.69, 9.17) is 4.55 Å². The van der Waals surface area contributed by atoms with E-state index in [1.807, 2.05) is 6.92 Å². The Morgan fingerprint density at radius 3 is 2.50 bits per heavy atom. The molecular weight excluding hydrogens is 128 g/mol. The number of hydrogen-bond acceptors (Lipinski definition) is 2. The summed E-state index contributed by atoms with van der Waals surface area (Å²) in [5.41, 5.74) is 0. The monoisotopic (exact) mass is 136 g/mol. The molecule has 1 aliphatic heterocycles. The highest BCUT2D eigenvalue weighted by Crippen LogP contribution is 2.15. The van der Waals surface area contributed by atoms with Crippen LogP contribution in [0, 0.1) is 0 Å². The molecule has 0 saturated heterocycles. The first-order chi connectivity index (χ1) is 3.67. The van der Waals surface area contributed by atoms with Crippen LogP contribution in [0.15, 0.2) is 0 Å². The molecule has 0 aromatic carbocycles. The summed E-state index contributed by atoms with van der Waals surface area (Å²) in [7, 11) is -2.85. The zero-order valence-electron chi connectivity index (χ0n) is 4.59. The molecule has 1 heterocycles. The van der Waals surface area contributed by atoms with E-state index in [0.29, 0.717) is 11.5 Å². The van der Waals surface area contributed by atoms with Crippen molar-refractivity contribution in [1.82, 2.24) is 0 Å². The van der Waals surface area contributed by atoms with Gasteiger partial charge < -0.3 is 0 Å². The third kappa shape index (κ3) is 1.02. The molecule has 1 N–H and O–H groups in total. The van der Waals surface area contributed by atoms with Crippen molar-refractivity contribution in [3.63, 3.8) is 0 Å². The first kappa shape index (κ1) is 6.07. The largest absolute Gasteiger partial charge is 0.291 e. The molecule has 0 fully saturated rings. The van der Waals surface area contributed by atoms with Crippen molar-refractivity contribution in [3.8, 4) is 0 Å². The zero-order valence-corrected chi connectivity index (χ0v) is 5.40. The maximum absolute atomic E-state index is 10.3. The Kier molecular flexibility index (Phi) is 1.30. The smallest absolute Gasteiger partial charge is 0.234 e. The van der Waals surface area contributed by atoms with Crippen molar-refractivity contribution in [3.05, 3.63) is 0 Å². The van der Waals surface area contributed by atoms with Gasteiger partial charge in [-0.3, -0.25) is 4.55 Å². The number of rotatable bonds is 2. The lowest BCUT2D eigenvalue weighted by Crippen LogP contribution is -1.78. The summed E-state index contributed by atoms with van der Waals surface area (Å²) in [6, 6.07) is 0. The summed E-state index contributed by atoms with van der Waals surface area (Å²) < 4.78 is 23.2. The molecule has 0 radical (unpaired) electrons. The Bertz CT molecular complexity index is 199. The van der Waals surface area contributed by atoms with E-state index in [1.165, 1.54) is 0 Å². The van der Waals surface area contributed by atoms with Crippen LogP contribution in [-0.2, 0) is 14.3 Å². The van der Waals surface area contributed by atoms with Gasteiger partial charge in [0.05, 0.1) is 0 Å². The molecule has 0 aromatic heterocycles. The van der Waals surface area contributed by atoms with Crippen LogP contribution in [0.25, 0.3) is 0 Å². The summed E-state index contributed by atoms with van der Waals surface area (Å²) >= 11 is 0. The summed E-state index contributed by atoms with van der Waals surface area (Å²) in [6.07, 6.45) is 1.49. The highest BCUT2D eigenvalue weighted by molar-refractivity contribution is 7.99. The first-order valence-corrected chi connectivity index (χ1v) is 3.92. The topological polar surface area (TPSA) is 49.8 Å². The van der Waals surface area contributed by atoms with E-state index in [-0.39, 0.29) is 0 Å². The van der Waals surface area contributed by atoms with Crippen LogP contribution < -0.4 is 0 Å². The average molecular weight is 136 g/mol. The molecule has 1 aliphatic rings. The van der Waals surface area contributed by atoms with Gasteiger partial charge in [-0.2, -0.15) is 0 Å². The van der Waals surface area contributed by atoms with Crippen LogP contribution in [0.4, 0.5) is 0 Å². The standard InChI is InChI=1S/C4H8O3S/c1-2-3-4-7-8(4,5)6/h2-3H2,1H3,(H,5,6). The summed E-state index contributed by atoms with van der Waals surface area (Å²) in [4.78, 5) is 0. The van der Waals surface area contributed by atoms with Crippen LogP contribution in [0.2, 0.25) is 0 Å². The van der Waals surface area contributed by atoms with Gasteiger partial charge in [-0.15, -0.1) is 0 Å². The second-order valence-corrected chi connectivity index (χ2v) is 3.25. The molecule has 0 aliphatic carbocycles. The lowest BCUT2D eigenvalue weighted by molar-refractivity contribution is 0.492. The molecule has 48 valence electrons. The second-order valence-electron chi connectivity index (χ2n) is 1.68. The fraction of sp³-hybridized carbons (Fsp3) is 0.750. The molecule has 3 nitrogen and oxygen atoms in total. The van der Waals surface area contributed by atoms with Gasteiger partial charge in [0, 0.05) is 6.42 Å². The molecule has 1 atom stereocenters. The Labute approximate surface area is 48.7 Å². The minimum atomic E-state index is -2.85. The van der Waals surface area contributed by atoms with Crippen molar-refractivity contribution in [2.24, 2.45) is 0 Å². The third-order valence-corrected chi connectivity index (χ3v) is 2.06. The van der Waals surface area contributed by atoms with Crippen LogP contribution in [0.3, 0.4) is 0 Å². The Morgan fingerprint density at radius 2 is 2.38 bits per heavy atom. The van der Waals surface area contributed by atoms with Crippen molar-refractivity contribution in [2.45, 2.75) is 19.8 Å². The second kappa shape index (κ2) is 1.72. The summed E-state index contributed by atoms with van der Waals surface area (Å²) in [6.45, 7) is 1.93. The highest BCUT2D eigenvalue weighted by Gasteiger charge is 2.29. The van der Waals surface area contributed by atoms with Gasteiger partial charge in [-0.1, -0.05) is 6.92 Å². The Hall–Kier alpha value is -0.0600. The summed E-state index contributed by atoms with van der Waals surface area (Å²) in [5.74, 6) is 0. The van der Waals surface area contributed by atoms with Crippen LogP contribution in [0.1, 0.15) is 19.8 Å². The van der Waals surface area contributed by atoms with Crippen LogP contribution in [-0.4, -0.2) is 13.8 Å². The normalized spacial score (nSPS) is 35.5. The third-order valence-electron chi connectivity index (χ3n) is 0.921. The Morgan fingerprint density at radius 1 is 1.88 bits per heavy atom. The van der Waals surface area contributed by atoms with E-state index in [0.717, 1.165) is 6.42 Å². The van der Waals surface area contributed by atoms with Gasteiger partial charge in [0.2, 0.25) is 10.1 Å². The van der Waals surface area contributed by atoms with Gasteiger partial charge in [0.15, 0.2) is 5.05 Å². The molecule has 0 amide bonds. The maximum Gasteiger partial charge on any atom is 0.234 e. The minimum absolute atomic E-state index is 0.361. The molecule has 0 saturated carbocycles. The first-order valence-electron chi connectivity index (χ1n) is 2.48. The van der Waals surface area contributed by atoms with Gasteiger partial charge >= 0.3 is 0 Å². The zero-order chi connectivity index (χ0) is 6.20. The fourth-order valence-electron chi connectivity index (χ4n) is 0.484. The van der Waals surface area contributed by atoms with Gasteiger partial charge in [-0.25, -0.2) is 8.39 Å². The van der Waals surface area contributed by atoms with Crippen molar-refractivity contribution >= 4 is 15.1 Å². The van der Waals surface area contributed by atoms with E-state index < -0.39 is 10.1 Å². The van der Waals surface area contributed by atoms with E-state index in [9.17, 15) is 4.21 Å². The van der Waals surface area contributed by atoms with Crippen molar-refractivity contribution in [1.29, 1.82) is 0 Å².